The highest BCUT2D eigenvalue weighted by Crippen LogP contribution is 2.35. The Hall–Kier alpha value is -1.75. The van der Waals surface area contributed by atoms with Crippen molar-refractivity contribution in [1.82, 2.24) is 0 Å². The fraction of sp³-hybridized carbons (Fsp3) is 0.231. The molecule has 5 heteroatoms. The van der Waals surface area contributed by atoms with E-state index < -0.39 is 30.5 Å². The zero-order valence-electron chi connectivity index (χ0n) is 9.37. The van der Waals surface area contributed by atoms with Crippen LogP contribution >= 0.6 is 0 Å². The van der Waals surface area contributed by atoms with E-state index in [1.165, 1.54) is 30.3 Å². The molecule has 0 amide bonds. The second-order valence-corrected chi connectivity index (χ2v) is 3.85. The van der Waals surface area contributed by atoms with Gasteiger partial charge in [0.1, 0.15) is 11.6 Å². The molecule has 0 aliphatic rings. The van der Waals surface area contributed by atoms with E-state index in [1.54, 1.807) is 0 Å². The van der Waals surface area contributed by atoms with Gasteiger partial charge in [-0.3, -0.25) is 0 Å². The molecule has 0 fully saturated rings. The summed E-state index contributed by atoms with van der Waals surface area (Å²) in [6, 6.07) is 7.90. The first-order chi connectivity index (χ1) is 8.53. The average molecular weight is 256 g/mol. The van der Waals surface area contributed by atoms with Gasteiger partial charge in [0.2, 0.25) is 0 Å². The molecule has 2 nitrogen and oxygen atoms in total. The van der Waals surface area contributed by atoms with Gasteiger partial charge >= 0.3 is 5.92 Å². The molecule has 2 rings (SSSR count). The summed E-state index contributed by atoms with van der Waals surface area (Å²) in [6.07, 6.45) is -0.691. The Morgan fingerprint density at radius 3 is 2.33 bits per heavy atom. The van der Waals surface area contributed by atoms with E-state index in [9.17, 15) is 13.2 Å². The van der Waals surface area contributed by atoms with Crippen LogP contribution in [0.1, 0.15) is 12.2 Å². The zero-order valence-corrected chi connectivity index (χ0v) is 9.37. The molecule has 0 saturated carbocycles. The first-order valence-electron chi connectivity index (χ1n) is 5.38. The minimum Gasteiger partial charge on any atom is -0.455 e. The van der Waals surface area contributed by atoms with Crippen molar-refractivity contribution in [2.75, 3.05) is 6.61 Å². The van der Waals surface area contributed by atoms with Crippen LogP contribution in [-0.2, 0) is 5.92 Å². The Morgan fingerprint density at radius 1 is 1.06 bits per heavy atom. The number of hydrogen-bond donors (Lipinski definition) is 1. The molecule has 18 heavy (non-hydrogen) atoms. The van der Waals surface area contributed by atoms with E-state index in [0.29, 0.717) is 5.56 Å². The lowest BCUT2D eigenvalue weighted by atomic mass is 10.2. The first kappa shape index (κ1) is 12.7. The van der Waals surface area contributed by atoms with Crippen molar-refractivity contribution in [3.8, 4) is 11.3 Å². The van der Waals surface area contributed by atoms with Gasteiger partial charge in [-0.05, 0) is 36.4 Å². The molecule has 1 heterocycles. The average Bonchev–Trinajstić information content (AvgIpc) is 2.80. The molecule has 2 aromatic rings. The highest BCUT2D eigenvalue weighted by Gasteiger charge is 2.34. The topological polar surface area (TPSA) is 33.4 Å². The third-order valence-corrected chi connectivity index (χ3v) is 2.52. The maximum atomic E-state index is 13.4. The van der Waals surface area contributed by atoms with E-state index in [1.807, 2.05) is 0 Å². The largest absolute Gasteiger partial charge is 0.455 e. The number of rotatable bonds is 4. The predicted octanol–water partition coefficient (Wildman–Crippen LogP) is 3.56. The lowest BCUT2D eigenvalue weighted by molar-refractivity contribution is -0.0455. The van der Waals surface area contributed by atoms with Crippen molar-refractivity contribution in [2.24, 2.45) is 0 Å². The van der Waals surface area contributed by atoms with Gasteiger partial charge in [-0.1, -0.05) is 0 Å². The van der Waals surface area contributed by atoms with Crippen molar-refractivity contribution in [2.45, 2.75) is 12.3 Å². The van der Waals surface area contributed by atoms with Crippen LogP contribution in [0.15, 0.2) is 40.8 Å². The second-order valence-electron chi connectivity index (χ2n) is 3.85. The third-order valence-electron chi connectivity index (χ3n) is 2.52. The SMILES string of the molecule is OCCC(F)(F)c1ccc(-c2ccc(F)cc2)o1. The Morgan fingerprint density at radius 2 is 1.72 bits per heavy atom. The van der Waals surface area contributed by atoms with E-state index in [4.69, 9.17) is 9.52 Å². The second kappa shape index (κ2) is 4.86. The van der Waals surface area contributed by atoms with Gasteiger partial charge in [0.25, 0.3) is 0 Å². The molecule has 1 N–H and O–H groups in total. The van der Waals surface area contributed by atoms with Gasteiger partial charge in [0.05, 0.1) is 0 Å². The summed E-state index contributed by atoms with van der Waals surface area (Å²) in [4.78, 5) is 0. The van der Waals surface area contributed by atoms with Crippen LogP contribution in [0.4, 0.5) is 13.2 Å². The standard InChI is InChI=1S/C13H11F3O2/c14-10-3-1-9(2-4-10)11-5-6-12(18-11)13(15,16)7-8-17/h1-6,17H,7-8H2. The van der Waals surface area contributed by atoms with Gasteiger partial charge < -0.3 is 9.52 Å². The predicted molar refractivity (Wildman–Crippen MR) is 59.7 cm³/mol. The number of benzene rings is 1. The molecule has 0 unspecified atom stereocenters. The Bertz CT molecular complexity index is 517. The molecule has 1 aromatic heterocycles. The molecular formula is C13H11F3O2. The van der Waals surface area contributed by atoms with Crippen molar-refractivity contribution in [1.29, 1.82) is 0 Å². The minimum atomic E-state index is -3.20. The van der Waals surface area contributed by atoms with E-state index in [2.05, 4.69) is 0 Å². The number of hydrogen-bond acceptors (Lipinski definition) is 2. The lowest BCUT2D eigenvalue weighted by Crippen LogP contribution is -2.13. The number of halogens is 3. The van der Waals surface area contributed by atoms with E-state index in [-0.39, 0.29) is 5.76 Å². The van der Waals surface area contributed by atoms with E-state index >= 15 is 0 Å². The summed E-state index contributed by atoms with van der Waals surface area (Å²) in [6.45, 7) is -0.625. The molecule has 0 aliphatic carbocycles. The zero-order chi connectivity index (χ0) is 13.2. The summed E-state index contributed by atoms with van der Waals surface area (Å²) in [7, 11) is 0. The summed E-state index contributed by atoms with van der Waals surface area (Å²) >= 11 is 0. The van der Waals surface area contributed by atoms with Crippen LogP contribution in [0.25, 0.3) is 11.3 Å². The molecule has 0 spiro atoms. The number of aliphatic hydroxyl groups excluding tert-OH is 1. The Labute approximate surface area is 102 Å². The van der Waals surface area contributed by atoms with Crippen LogP contribution in [-0.4, -0.2) is 11.7 Å². The fourth-order valence-electron chi connectivity index (χ4n) is 1.57. The molecule has 0 radical (unpaired) electrons. The fourth-order valence-corrected chi connectivity index (χ4v) is 1.57. The molecule has 0 saturated heterocycles. The lowest BCUT2D eigenvalue weighted by Gasteiger charge is -2.11. The molecular weight excluding hydrogens is 245 g/mol. The van der Waals surface area contributed by atoms with Crippen LogP contribution in [0.3, 0.4) is 0 Å². The quantitative estimate of drug-likeness (QED) is 0.907. The highest BCUT2D eigenvalue weighted by atomic mass is 19.3. The summed E-state index contributed by atoms with van der Waals surface area (Å²) in [5, 5.41) is 8.55. The van der Waals surface area contributed by atoms with Crippen LogP contribution in [0.5, 0.6) is 0 Å². The van der Waals surface area contributed by atoms with Gasteiger partial charge in [-0.25, -0.2) is 4.39 Å². The third kappa shape index (κ3) is 2.56. The van der Waals surface area contributed by atoms with Crippen molar-refractivity contribution in [3.63, 3.8) is 0 Å². The minimum absolute atomic E-state index is 0.239. The summed E-state index contributed by atoms with van der Waals surface area (Å²) in [5.41, 5.74) is 0.516. The van der Waals surface area contributed by atoms with Gasteiger partial charge in [-0.2, -0.15) is 8.78 Å². The highest BCUT2D eigenvalue weighted by molar-refractivity contribution is 5.57. The first-order valence-corrected chi connectivity index (χ1v) is 5.38. The van der Waals surface area contributed by atoms with Crippen molar-refractivity contribution in [3.05, 3.63) is 48.0 Å². The van der Waals surface area contributed by atoms with E-state index in [0.717, 1.165) is 6.07 Å². The maximum absolute atomic E-state index is 13.4. The van der Waals surface area contributed by atoms with Crippen molar-refractivity contribution < 1.29 is 22.7 Å². The number of alkyl halides is 2. The number of furan rings is 1. The molecule has 0 bridgehead atoms. The van der Waals surface area contributed by atoms with Gasteiger partial charge in [0.15, 0.2) is 5.76 Å². The Kier molecular flexibility index (Phi) is 3.43. The Balaban J connectivity index is 2.28. The molecule has 0 aliphatic heterocycles. The normalized spacial score (nSPS) is 11.8. The molecule has 1 aromatic carbocycles. The van der Waals surface area contributed by atoms with Crippen LogP contribution in [0.2, 0.25) is 0 Å². The smallest absolute Gasteiger partial charge is 0.306 e. The van der Waals surface area contributed by atoms with Crippen molar-refractivity contribution >= 4 is 0 Å². The number of aliphatic hydroxyl groups is 1. The monoisotopic (exact) mass is 256 g/mol. The molecule has 96 valence electrons. The van der Waals surface area contributed by atoms with Gasteiger partial charge in [0, 0.05) is 18.6 Å². The summed E-state index contributed by atoms with van der Waals surface area (Å²) < 4.78 is 44.6. The molecule has 0 atom stereocenters. The summed E-state index contributed by atoms with van der Waals surface area (Å²) in [5.74, 6) is -3.87. The maximum Gasteiger partial charge on any atom is 0.306 e. The van der Waals surface area contributed by atoms with Gasteiger partial charge in [-0.15, -0.1) is 0 Å². The van der Waals surface area contributed by atoms with Crippen LogP contribution in [0, 0.1) is 5.82 Å². The van der Waals surface area contributed by atoms with Crippen LogP contribution < -0.4 is 0 Å².